The van der Waals surface area contributed by atoms with Crippen molar-refractivity contribution < 1.29 is 13.9 Å². The minimum Gasteiger partial charge on any atom is -0.446 e. The number of halogens is 1. The Labute approximate surface area is 99.2 Å². The first kappa shape index (κ1) is 11.9. The Morgan fingerprint density at radius 3 is 3.00 bits per heavy atom. The molecule has 17 heavy (non-hydrogen) atoms. The van der Waals surface area contributed by atoms with Gasteiger partial charge < -0.3 is 10.5 Å². The zero-order valence-electron chi connectivity index (χ0n) is 9.43. The third-order valence-corrected chi connectivity index (χ3v) is 2.77. The van der Waals surface area contributed by atoms with Crippen LogP contribution in [0, 0.1) is 5.82 Å². The summed E-state index contributed by atoms with van der Waals surface area (Å²) in [6.45, 7) is 1.03. The van der Waals surface area contributed by atoms with Crippen molar-refractivity contribution in [1.82, 2.24) is 0 Å². The van der Waals surface area contributed by atoms with Crippen LogP contribution in [-0.4, -0.2) is 25.3 Å². The summed E-state index contributed by atoms with van der Waals surface area (Å²) in [7, 11) is 0. The fourth-order valence-corrected chi connectivity index (χ4v) is 1.90. The molecule has 5 heteroatoms. The van der Waals surface area contributed by atoms with Gasteiger partial charge in [0.15, 0.2) is 0 Å². The van der Waals surface area contributed by atoms with Crippen molar-refractivity contribution in [3.63, 3.8) is 0 Å². The molecule has 1 aromatic carbocycles. The Balaban J connectivity index is 2.07. The van der Waals surface area contributed by atoms with Gasteiger partial charge in [0.05, 0.1) is 0 Å². The molecule has 2 N–H and O–H groups in total. The first-order valence-corrected chi connectivity index (χ1v) is 5.64. The molecule has 0 spiro atoms. The second kappa shape index (κ2) is 5.14. The zero-order chi connectivity index (χ0) is 12.3. The van der Waals surface area contributed by atoms with E-state index in [1.165, 1.54) is 17.0 Å². The minimum absolute atomic E-state index is 0.114. The Hall–Kier alpha value is -1.62. The molecular formula is C12H15FN2O2. The van der Waals surface area contributed by atoms with Crippen molar-refractivity contribution >= 4 is 11.8 Å². The molecule has 1 unspecified atom stereocenters. The first-order chi connectivity index (χ1) is 8.20. The number of anilines is 1. The number of hydrogen-bond donors (Lipinski definition) is 1. The third kappa shape index (κ3) is 2.74. The highest BCUT2D eigenvalue weighted by molar-refractivity contribution is 5.88. The van der Waals surface area contributed by atoms with Gasteiger partial charge in [0.25, 0.3) is 0 Å². The van der Waals surface area contributed by atoms with Crippen molar-refractivity contribution in [2.75, 3.05) is 18.0 Å². The molecule has 1 aliphatic rings. The second-order valence-electron chi connectivity index (χ2n) is 4.00. The molecule has 1 heterocycles. The van der Waals surface area contributed by atoms with E-state index in [-0.39, 0.29) is 11.9 Å². The highest BCUT2D eigenvalue weighted by atomic mass is 19.1. The molecule has 0 radical (unpaired) electrons. The summed E-state index contributed by atoms with van der Waals surface area (Å²) >= 11 is 0. The van der Waals surface area contributed by atoms with E-state index < -0.39 is 6.09 Å². The van der Waals surface area contributed by atoms with Crippen LogP contribution in [0.2, 0.25) is 0 Å². The van der Waals surface area contributed by atoms with Gasteiger partial charge in [-0.1, -0.05) is 6.07 Å². The van der Waals surface area contributed by atoms with Gasteiger partial charge in [-0.25, -0.2) is 9.18 Å². The molecule has 1 atom stereocenters. The minimum atomic E-state index is -0.430. The summed E-state index contributed by atoms with van der Waals surface area (Å²) in [6, 6.07) is 5.93. The lowest BCUT2D eigenvalue weighted by molar-refractivity contribution is 0.0807. The number of amides is 1. The largest absolute Gasteiger partial charge is 0.446 e. The standard InChI is InChI=1S/C12H15FN2O2/c13-9-2-1-3-10(8-9)15-7-5-11(4-6-14)17-12(15)16/h1-3,8,11H,4-7,14H2. The number of nitrogens with zero attached hydrogens (tertiary/aromatic N) is 1. The maximum absolute atomic E-state index is 13.1. The number of carbonyl (C=O) groups excluding carboxylic acids is 1. The SMILES string of the molecule is NCCC1CCN(c2cccc(F)c2)C(=O)O1. The molecule has 0 aromatic heterocycles. The van der Waals surface area contributed by atoms with Gasteiger partial charge in [0.2, 0.25) is 0 Å². The van der Waals surface area contributed by atoms with Gasteiger partial charge in [0.1, 0.15) is 11.9 Å². The number of nitrogens with two attached hydrogens (primary N) is 1. The smallest absolute Gasteiger partial charge is 0.414 e. The number of rotatable bonds is 3. The summed E-state index contributed by atoms with van der Waals surface area (Å²) in [5.41, 5.74) is 5.94. The fraction of sp³-hybridized carbons (Fsp3) is 0.417. The van der Waals surface area contributed by atoms with Crippen LogP contribution in [-0.2, 0) is 4.74 Å². The van der Waals surface area contributed by atoms with Crippen LogP contribution in [0.15, 0.2) is 24.3 Å². The number of hydrogen-bond acceptors (Lipinski definition) is 3. The monoisotopic (exact) mass is 238 g/mol. The predicted molar refractivity (Wildman–Crippen MR) is 62.3 cm³/mol. The second-order valence-corrected chi connectivity index (χ2v) is 4.00. The Bertz CT molecular complexity index is 411. The van der Waals surface area contributed by atoms with E-state index in [0.717, 1.165) is 6.42 Å². The van der Waals surface area contributed by atoms with Crippen LogP contribution in [0.5, 0.6) is 0 Å². The zero-order valence-corrected chi connectivity index (χ0v) is 9.43. The lowest BCUT2D eigenvalue weighted by Gasteiger charge is -2.31. The van der Waals surface area contributed by atoms with E-state index in [1.54, 1.807) is 12.1 Å². The van der Waals surface area contributed by atoms with Crippen molar-refractivity contribution in [2.45, 2.75) is 18.9 Å². The Morgan fingerprint density at radius 2 is 2.35 bits per heavy atom. The molecule has 1 saturated heterocycles. The summed E-state index contributed by atoms with van der Waals surface area (Å²) in [4.78, 5) is 13.2. The summed E-state index contributed by atoms with van der Waals surface area (Å²) in [5, 5.41) is 0. The lowest BCUT2D eigenvalue weighted by atomic mass is 10.1. The summed E-state index contributed by atoms with van der Waals surface area (Å²) < 4.78 is 18.3. The Morgan fingerprint density at radius 1 is 1.53 bits per heavy atom. The van der Waals surface area contributed by atoms with Crippen molar-refractivity contribution in [3.05, 3.63) is 30.1 Å². The molecule has 4 nitrogen and oxygen atoms in total. The van der Waals surface area contributed by atoms with E-state index in [0.29, 0.717) is 25.2 Å². The van der Waals surface area contributed by atoms with E-state index in [1.807, 2.05) is 0 Å². The maximum Gasteiger partial charge on any atom is 0.414 e. The predicted octanol–water partition coefficient (Wildman–Crippen LogP) is 1.89. The third-order valence-electron chi connectivity index (χ3n) is 2.77. The molecule has 92 valence electrons. The quantitative estimate of drug-likeness (QED) is 0.874. The molecule has 1 fully saturated rings. The van der Waals surface area contributed by atoms with Gasteiger partial charge in [-0.2, -0.15) is 0 Å². The molecular weight excluding hydrogens is 223 g/mol. The summed E-state index contributed by atoms with van der Waals surface area (Å²) in [6.07, 6.45) is 0.847. The van der Waals surface area contributed by atoms with Crippen LogP contribution in [0.4, 0.5) is 14.9 Å². The highest BCUT2D eigenvalue weighted by Gasteiger charge is 2.27. The Kier molecular flexibility index (Phi) is 3.58. The van der Waals surface area contributed by atoms with Crippen LogP contribution in [0.3, 0.4) is 0 Å². The maximum atomic E-state index is 13.1. The average Bonchev–Trinajstić information content (AvgIpc) is 2.29. The number of ether oxygens (including phenoxy) is 1. The van der Waals surface area contributed by atoms with Crippen LogP contribution in [0.25, 0.3) is 0 Å². The van der Waals surface area contributed by atoms with Crippen molar-refractivity contribution in [1.29, 1.82) is 0 Å². The average molecular weight is 238 g/mol. The number of cyclic esters (lactones) is 1. The number of carbonyl (C=O) groups is 1. The van der Waals surface area contributed by atoms with E-state index in [4.69, 9.17) is 10.5 Å². The summed E-state index contributed by atoms with van der Waals surface area (Å²) in [5.74, 6) is -0.362. The fourth-order valence-electron chi connectivity index (χ4n) is 1.90. The normalized spacial score (nSPS) is 20.2. The van der Waals surface area contributed by atoms with Gasteiger partial charge in [-0.15, -0.1) is 0 Å². The van der Waals surface area contributed by atoms with Gasteiger partial charge in [-0.05, 0) is 31.2 Å². The van der Waals surface area contributed by atoms with Crippen molar-refractivity contribution in [3.8, 4) is 0 Å². The molecule has 2 rings (SSSR count). The highest BCUT2D eigenvalue weighted by Crippen LogP contribution is 2.22. The van der Waals surface area contributed by atoms with Crippen LogP contribution < -0.4 is 10.6 Å². The lowest BCUT2D eigenvalue weighted by Crippen LogP contribution is -2.42. The first-order valence-electron chi connectivity index (χ1n) is 5.64. The van der Waals surface area contributed by atoms with E-state index in [9.17, 15) is 9.18 Å². The topological polar surface area (TPSA) is 55.6 Å². The molecule has 1 aromatic rings. The molecule has 0 aliphatic carbocycles. The van der Waals surface area contributed by atoms with Gasteiger partial charge in [0, 0.05) is 18.7 Å². The number of benzene rings is 1. The van der Waals surface area contributed by atoms with Gasteiger partial charge >= 0.3 is 6.09 Å². The van der Waals surface area contributed by atoms with Gasteiger partial charge in [-0.3, -0.25) is 4.90 Å². The molecule has 0 saturated carbocycles. The molecule has 0 bridgehead atoms. The molecule has 1 amide bonds. The van der Waals surface area contributed by atoms with E-state index in [2.05, 4.69) is 0 Å². The van der Waals surface area contributed by atoms with E-state index >= 15 is 0 Å². The molecule has 1 aliphatic heterocycles. The van der Waals surface area contributed by atoms with Crippen LogP contribution in [0.1, 0.15) is 12.8 Å². The van der Waals surface area contributed by atoms with Crippen molar-refractivity contribution in [2.24, 2.45) is 5.73 Å². The van der Waals surface area contributed by atoms with Crippen LogP contribution >= 0.6 is 0 Å².